The van der Waals surface area contributed by atoms with E-state index >= 15 is 0 Å². The van der Waals surface area contributed by atoms with E-state index in [2.05, 4.69) is 159 Å². The van der Waals surface area contributed by atoms with E-state index in [1.807, 2.05) is 0 Å². The Morgan fingerprint density at radius 1 is 0.447 bits per heavy atom. The normalized spacial score (nSPS) is 14.1. The predicted octanol–water partition coefficient (Wildman–Crippen LogP) is 11.5. The van der Waals surface area contributed by atoms with Crippen molar-refractivity contribution < 1.29 is 0 Å². The van der Waals surface area contributed by atoms with Gasteiger partial charge in [0.25, 0.3) is 0 Å². The van der Waals surface area contributed by atoms with E-state index < -0.39 is 0 Å². The van der Waals surface area contributed by atoms with Gasteiger partial charge in [0.05, 0.1) is 0 Å². The smallest absolute Gasteiger partial charge is 0.0132 e. The molecule has 0 aliphatic rings. The fraction of sp³-hybridized carbons (Fsp3) is 0.474. The standard InChI is InChI=1S/C38H54/c1-25(17-27(3)29-19-31(35(5,6)7)23-32(20-29)36(8,9)10)26(2)18-28(4)30-21-33(37(11,12)13)24-34(22-30)38(14,15)16/h17-24H,1-2H2,3-16H3. The third-order valence-corrected chi connectivity index (χ3v) is 7.43. The molecule has 0 atom stereocenters. The Bertz CT molecular complexity index is 1090. The van der Waals surface area contributed by atoms with E-state index in [0.29, 0.717) is 0 Å². The quantitative estimate of drug-likeness (QED) is 0.351. The molecule has 0 heterocycles. The summed E-state index contributed by atoms with van der Waals surface area (Å²) in [5, 5.41) is 0. The SMILES string of the molecule is C=C(C=C(C)c1cc(C(C)(C)C)cc(C(C)(C)C)c1)C(=C)C=C(C)c1cc(C(C)(C)C)cc(C(C)(C)C)c1. The molecule has 0 radical (unpaired) electrons. The lowest BCUT2D eigenvalue weighted by Gasteiger charge is -2.26. The van der Waals surface area contributed by atoms with Gasteiger partial charge in [-0.2, -0.15) is 0 Å². The van der Waals surface area contributed by atoms with Crippen LogP contribution in [0.1, 0.15) is 130 Å². The minimum atomic E-state index is 0.0875. The zero-order chi connectivity index (χ0) is 29.4. The van der Waals surface area contributed by atoms with Crippen molar-refractivity contribution in [3.8, 4) is 0 Å². The average molecular weight is 511 g/mol. The Morgan fingerprint density at radius 3 is 0.842 bits per heavy atom. The van der Waals surface area contributed by atoms with Crippen molar-refractivity contribution in [1.29, 1.82) is 0 Å². The summed E-state index contributed by atoms with van der Waals surface area (Å²) < 4.78 is 0. The maximum atomic E-state index is 4.40. The first kappa shape index (κ1) is 31.6. The van der Waals surface area contributed by atoms with Crippen LogP contribution in [-0.2, 0) is 21.7 Å². The van der Waals surface area contributed by atoms with Gasteiger partial charge >= 0.3 is 0 Å². The van der Waals surface area contributed by atoms with Crippen LogP contribution in [0.3, 0.4) is 0 Å². The van der Waals surface area contributed by atoms with Crippen LogP contribution >= 0.6 is 0 Å². The summed E-state index contributed by atoms with van der Waals surface area (Å²) in [6, 6.07) is 14.1. The highest BCUT2D eigenvalue weighted by atomic mass is 14.3. The molecule has 0 heteroatoms. The molecule has 0 fully saturated rings. The second-order valence-electron chi connectivity index (χ2n) is 15.3. The van der Waals surface area contributed by atoms with Crippen molar-refractivity contribution in [1.82, 2.24) is 0 Å². The minimum Gasteiger partial charge on any atom is -0.0912 e. The lowest BCUT2D eigenvalue weighted by Crippen LogP contribution is -2.17. The Labute approximate surface area is 235 Å². The van der Waals surface area contributed by atoms with Gasteiger partial charge in [-0.3, -0.25) is 0 Å². The first-order valence-corrected chi connectivity index (χ1v) is 14.1. The molecule has 2 aromatic rings. The van der Waals surface area contributed by atoms with Crippen LogP contribution in [0.15, 0.2) is 72.9 Å². The van der Waals surface area contributed by atoms with Crippen molar-refractivity contribution >= 4 is 11.1 Å². The van der Waals surface area contributed by atoms with Crippen molar-refractivity contribution in [2.75, 3.05) is 0 Å². The van der Waals surface area contributed by atoms with Gasteiger partial charge in [-0.1, -0.05) is 145 Å². The summed E-state index contributed by atoms with van der Waals surface area (Å²) in [5.74, 6) is 0. The molecule has 206 valence electrons. The molecule has 0 bridgehead atoms. The molecule has 0 N–H and O–H groups in total. The Morgan fingerprint density at radius 2 is 0.658 bits per heavy atom. The van der Waals surface area contributed by atoms with Gasteiger partial charge in [0.15, 0.2) is 0 Å². The van der Waals surface area contributed by atoms with E-state index in [9.17, 15) is 0 Å². The lowest BCUT2D eigenvalue weighted by molar-refractivity contribution is 0.567. The van der Waals surface area contributed by atoms with Crippen LogP contribution in [0, 0.1) is 0 Å². The summed E-state index contributed by atoms with van der Waals surface area (Å²) in [6.45, 7) is 40.6. The van der Waals surface area contributed by atoms with E-state index in [1.54, 1.807) is 0 Å². The van der Waals surface area contributed by atoms with Gasteiger partial charge in [-0.05, 0) is 91.2 Å². The Kier molecular flexibility index (Phi) is 9.05. The third kappa shape index (κ3) is 8.20. The van der Waals surface area contributed by atoms with Crippen LogP contribution in [0.2, 0.25) is 0 Å². The summed E-state index contributed by atoms with van der Waals surface area (Å²) in [7, 11) is 0. The number of benzene rings is 2. The van der Waals surface area contributed by atoms with Gasteiger partial charge in [-0.25, -0.2) is 0 Å². The molecule has 0 nitrogen and oxygen atoms in total. The fourth-order valence-electron chi connectivity index (χ4n) is 4.32. The highest BCUT2D eigenvalue weighted by Crippen LogP contribution is 2.35. The molecule has 0 unspecified atom stereocenters. The van der Waals surface area contributed by atoms with Gasteiger partial charge in [0.2, 0.25) is 0 Å². The second-order valence-corrected chi connectivity index (χ2v) is 15.3. The van der Waals surface area contributed by atoms with Crippen LogP contribution in [-0.4, -0.2) is 0 Å². The summed E-state index contributed by atoms with van der Waals surface area (Å²) in [4.78, 5) is 0. The largest absolute Gasteiger partial charge is 0.0912 e. The molecule has 0 aliphatic carbocycles. The zero-order valence-electron chi connectivity index (χ0n) is 27.0. The maximum absolute atomic E-state index is 4.40. The van der Waals surface area contributed by atoms with E-state index in [4.69, 9.17) is 0 Å². The van der Waals surface area contributed by atoms with Crippen molar-refractivity contribution in [3.63, 3.8) is 0 Å². The first-order chi connectivity index (χ1) is 17.0. The van der Waals surface area contributed by atoms with Crippen LogP contribution in [0.4, 0.5) is 0 Å². The van der Waals surface area contributed by atoms with Gasteiger partial charge < -0.3 is 0 Å². The molecule has 2 rings (SSSR count). The average Bonchev–Trinajstić information content (AvgIpc) is 2.75. The molecule has 0 saturated heterocycles. The zero-order valence-corrected chi connectivity index (χ0v) is 27.0. The van der Waals surface area contributed by atoms with Crippen molar-refractivity contribution in [2.24, 2.45) is 0 Å². The summed E-state index contributed by atoms with van der Waals surface area (Å²) in [6.07, 6.45) is 4.37. The molecule has 38 heavy (non-hydrogen) atoms. The van der Waals surface area contributed by atoms with Gasteiger partial charge in [-0.15, -0.1) is 0 Å². The molecule has 0 spiro atoms. The van der Waals surface area contributed by atoms with E-state index in [-0.39, 0.29) is 21.7 Å². The van der Waals surface area contributed by atoms with Crippen molar-refractivity contribution in [2.45, 2.75) is 119 Å². The molecule has 0 saturated carbocycles. The van der Waals surface area contributed by atoms with Gasteiger partial charge in [0.1, 0.15) is 0 Å². The Hall–Kier alpha value is -2.60. The lowest BCUT2D eigenvalue weighted by atomic mass is 9.78. The Balaban J connectivity index is 2.48. The molecule has 2 aromatic carbocycles. The van der Waals surface area contributed by atoms with Crippen LogP contribution in [0.5, 0.6) is 0 Å². The minimum absolute atomic E-state index is 0.0875. The van der Waals surface area contributed by atoms with E-state index in [1.165, 1.54) is 44.5 Å². The molecular weight excluding hydrogens is 456 g/mol. The predicted molar refractivity (Wildman–Crippen MR) is 173 cm³/mol. The second kappa shape index (κ2) is 10.9. The van der Waals surface area contributed by atoms with Crippen LogP contribution in [0.25, 0.3) is 11.1 Å². The first-order valence-electron chi connectivity index (χ1n) is 14.1. The highest BCUT2D eigenvalue weighted by Gasteiger charge is 2.22. The van der Waals surface area contributed by atoms with Crippen LogP contribution < -0.4 is 0 Å². The highest BCUT2D eigenvalue weighted by molar-refractivity contribution is 5.73. The maximum Gasteiger partial charge on any atom is -0.0132 e. The number of allylic oxidation sites excluding steroid dienone is 6. The molecule has 0 aromatic heterocycles. The molecular formula is C38H54. The fourth-order valence-corrected chi connectivity index (χ4v) is 4.32. The number of hydrogen-bond acceptors (Lipinski definition) is 0. The third-order valence-electron chi connectivity index (χ3n) is 7.43. The van der Waals surface area contributed by atoms with Gasteiger partial charge in [0, 0.05) is 0 Å². The number of rotatable bonds is 5. The van der Waals surface area contributed by atoms with Crippen molar-refractivity contribution in [3.05, 3.63) is 106 Å². The molecule has 0 aliphatic heterocycles. The monoisotopic (exact) mass is 510 g/mol. The topological polar surface area (TPSA) is 0 Å². The summed E-state index contributed by atoms with van der Waals surface area (Å²) in [5.41, 5.74) is 12.6. The molecule has 0 amide bonds. The van der Waals surface area contributed by atoms with E-state index in [0.717, 1.165) is 11.1 Å². The summed E-state index contributed by atoms with van der Waals surface area (Å²) >= 11 is 0. The number of hydrogen-bond donors (Lipinski definition) is 0.